The molecule has 3 rings (SSSR count). The summed E-state index contributed by atoms with van der Waals surface area (Å²) in [5.74, 6) is -0.313. The molecule has 1 aromatic heterocycles. The lowest BCUT2D eigenvalue weighted by Crippen LogP contribution is -2.20. The number of carbonyl (C=O) groups excluding carboxylic acids is 1. The van der Waals surface area contributed by atoms with E-state index in [0.717, 1.165) is 24.8 Å². The van der Waals surface area contributed by atoms with Gasteiger partial charge >= 0.3 is 5.63 Å². The Bertz CT molecular complexity index is 820. The first-order chi connectivity index (χ1) is 12.0. The Morgan fingerprint density at radius 2 is 1.92 bits per heavy atom. The molecule has 2 unspecified atom stereocenters. The van der Waals surface area contributed by atoms with Crippen LogP contribution in [0, 0.1) is 0 Å². The third-order valence-corrected chi connectivity index (χ3v) is 5.14. The van der Waals surface area contributed by atoms with Crippen LogP contribution in [-0.2, 0) is 0 Å². The molecule has 4 heteroatoms. The first-order valence-corrected chi connectivity index (χ1v) is 9.02. The van der Waals surface area contributed by atoms with Crippen LogP contribution in [-0.4, -0.2) is 10.9 Å². The van der Waals surface area contributed by atoms with Crippen LogP contribution in [0.15, 0.2) is 39.5 Å². The average Bonchev–Trinajstić information content (AvgIpc) is 2.61. The number of hydrogen-bond donors (Lipinski definition) is 1. The van der Waals surface area contributed by atoms with Crippen LogP contribution in [0.1, 0.15) is 85.0 Å². The summed E-state index contributed by atoms with van der Waals surface area (Å²) in [6, 6.07) is 9.56. The minimum Gasteiger partial charge on any atom is -0.506 e. The maximum Gasteiger partial charge on any atom is 0.343 e. The maximum absolute atomic E-state index is 12.7. The highest BCUT2D eigenvalue weighted by atomic mass is 16.4. The van der Waals surface area contributed by atoms with Gasteiger partial charge in [0.15, 0.2) is 5.78 Å². The molecule has 0 amide bonds. The van der Waals surface area contributed by atoms with Crippen molar-refractivity contribution in [1.29, 1.82) is 0 Å². The van der Waals surface area contributed by atoms with E-state index in [1.807, 2.05) is 44.2 Å². The van der Waals surface area contributed by atoms with Crippen molar-refractivity contribution in [3.63, 3.8) is 0 Å². The fourth-order valence-corrected chi connectivity index (χ4v) is 3.76. The maximum atomic E-state index is 12.7. The molecule has 0 radical (unpaired) electrons. The second-order valence-electron chi connectivity index (χ2n) is 6.83. The molecule has 2 aromatic rings. The first kappa shape index (κ1) is 17.5. The lowest BCUT2D eigenvalue weighted by atomic mass is 9.85. The van der Waals surface area contributed by atoms with Crippen LogP contribution in [0.3, 0.4) is 0 Å². The third-order valence-electron chi connectivity index (χ3n) is 5.14. The summed E-state index contributed by atoms with van der Waals surface area (Å²) >= 11 is 0. The molecule has 1 aliphatic rings. The molecule has 1 heterocycles. The van der Waals surface area contributed by atoms with Gasteiger partial charge in [-0.3, -0.25) is 4.79 Å². The van der Waals surface area contributed by atoms with Crippen LogP contribution >= 0.6 is 0 Å². The lowest BCUT2D eigenvalue weighted by Gasteiger charge is -2.22. The van der Waals surface area contributed by atoms with Crippen molar-refractivity contribution in [1.82, 2.24) is 0 Å². The minimum atomic E-state index is -0.535. The van der Waals surface area contributed by atoms with E-state index in [1.54, 1.807) is 0 Å². The SMILES string of the molecule is CCC(c1ccccc1)c1c(O)c2c(oc1=O)C(C)CCCCC2=O. The van der Waals surface area contributed by atoms with Crippen molar-refractivity contribution >= 4 is 5.78 Å². The van der Waals surface area contributed by atoms with Crippen molar-refractivity contribution < 1.29 is 14.3 Å². The van der Waals surface area contributed by atoms with E-state index in [2.05, 4.69) is 0 Å². The Morgan fingerprint density at radius 1 is 1.20 bits per heavy atom. The Balaban J connectivity index is 2.22. The first-order valence-electron chi connectivity index (χ1n) is 9.02. The molecule has 132 valence electrons. The zero-order valence-electron chi connectivity index (χ0n) is 14.7. The fraction of sp³-hybridized carbons (Fsp3) is 0.429. The fourth-order valence-electron chi connectivity index (χ4n) is 3.76. The number of Topliss-reactive ketones (excluding diaryl/α,β-unsaturated/α-hetero) is 1. The largest absolute Gasteiger partial charge is 0.506 e. The summed E-state index contributed by atoms with van der Waals surface area (Å²) in [7, 11) is 0. The van der Waals surface area contributed by atoms with E-state index in [0.29, 0.717) is 18.6 Å². The van der Waals surface area contributed by atoms with Crippen molar-refractivity contribution in [3.8, 4) is 5.75 Å². The summed E-state index contributed by atoms with van der Waals surface area (Å²) in [6.07, 6.45) is 3.57. The monoisotopic (exact) mass is 340 g/mol. The highest BCUT2D eigenvalue weighted by Gasteiger charge is 2.31. The van der Waals surface area contributed by atoms with E-state index < -0.39 is 5.63 Å². The van der Waals surface area contributed by atoms with Crippen LogP contribution in [0.25, 0.3) is 0 Å². The number of ketones is 1. The average molecular weight is 340 g/mol. The van der Waals surface area contributed by atoms with Gasteiger partial charge in [-0.2, -0.15) is 0 Å². The molecule has 0 fully saturated rings. The topological polar surface area (TPSA) is 67.5 Å². The number of rotatable bonds is 3. The Morgan fingerprint density at radius 3 is 2.60 bits per heavy atom. The van der Waals surface area contributed by atoms with Gasteiger partial charge in [-0.25, -0.2) is 4.79 Å². The van der Waals surface area contributed by atoms with E-state index >= 15 is 0 Å². The van der Waals surface area contributed by atoms with Crippen molar-refractivity contribution in [2.45, 2.75) is 57.8 Å². The summed E-state index contributed by atoms with van der Waals surface area (Å²) in [4.78, 5) is 25.3. The summed E-state index contributed by atoms with van der Waals surface area (Å²) < 4.78 is 5.60. The molecule has 0 bridgehead atoms. The van der Waals surface area contributed by atoms with Crippen molar-refractivity contribution in [2.75, 3.05) is 0 Å². The zero-order valence-corrected chi connectivity index (χ0v) is 14.7. The summed E-state index contributed by atoms with van der Waals surface area (Å²) in [6.45, 7) is 3.89. The Labute approximate surface area is 147 Å². The second kappa shape index (κ2) is 7.26. The van der Waals surface area contributed by atoms with Gasteiger partial charge in [0.2, 0.25) is 0 Å². The van der Waals surface area contributed by atoms with Gasteiger partial charge < -0.3 is 9.52 Å². The lowest BCUT2D eigenvalue weighted by molar-refractivity contribution is 0.0966. The van der Waals surface area contributed by atoms with Crippen LogP contribution in [0.4, 0.5) is 0 Å². The van der Waals surface area contributed by atoms with Gasteiger partial charge in [0, 0.05) is 18.3 Å². The van der Waals surface area contributed by atoms with E-state index in [9.17, 15) is 14.7 Å². The van der Waals surface area contributed by atoms with Crippen molar-refractivity contribution in [2.24, 2.45) is 0 Å². The third kappa shape index (κ3) is 3.26. The minimum absolute atomic E-state index is 0.0521. The number of carbonyl (C=O) groups is 1. The predicted octanol–water partition coefficient (Wildman–Crippen LogP) is 4.75. The molecule has 0 saturated heterocycles. The molecule has 4 nitrogen and oxygen atoms in total. The second-order valence-corrected chi connectivity index (χ2v) is 6.83. The standard InChI is InChI=1S/C21H24O4/c1-3-15(14-10-5-4-6-11-14)17-19(23)18-16(22)12-8-7-9-13(2)20(18)25-21(17)24/h4-6,10-11,13,15,23H,3,7-9,12H2,1-2H3. The van der Waals surface area contributed by atoms with E-state index in [-0.39, 0.29) is 34.5 Å². The van der Waals surface area contributed by atoms with Gasteiger partial charge in [0.1, 0.15) is 11.5 Å². The zero-order chi connectivity index (χ0) is 18.0. The normalized spacial score (nSPS) is 19.0. The number of fused-ring (bicyclic) bond motifs is 1. The van der Waals surface area contributed by atoms with Crippen molar-refractivity contribution in [3.05, 3.63) is 63.2 Å². The molecule has 25 heavy (non-hydrogen) atoms. The molecule has 2 atom stereocenters. The smallest absolute Gasteiger partial charge is 0.343 e. The van der Waals surface area contributed by atoms with E-state index in [4.69, 9.17) is 4.42 Å². The molecule has 0 spiro atoms. The highest BCUT2D eigenvalue weighted by Crippen LogP contribution is 2.39. The molecule has 1 aliphatic carbocycles. The highest BCUT2D eigenvalue weighted by molar-refractivity contribution is 6.00. The molecule has 0 saturated carbocycles. The quantitative estimate of drug-likeness (QED) is 0.875. The summed E-state index contributed by atoms with van der Waals surface area (Å²) in [5, 5.41) is 10.9. The summed E-state index contributed by atoms with van der Waals surface area (Å²) in [5.41, 5.74) is 0.816. The van der Waals surface area contributed by atoms with E-state index in [1.165, 1.54) is 0 Å². The van der Waals surface area contributed by atoms with Gasteiger partial charge in [0.25, 0.3) is 0 Å². The molecule has 0 aliphatic heterocycles. The molecular weight excluding hydrogens is 316 g/mol. The number of benzene rings is 1. The van der Waals surface area contributed by atoms with Crippen LogP contribution in [0.2, 0.25) is 0 Å². The van der Waals surface area contributed by atoms with Gasteiger partial charge in [-0.1, -0.05) is 50.6 Å². The number of hydrogen-bond acceptors (Lipinski definition) is 4. The van der Waals surface area contributed by atoms with Crippen LogP contribution < -0.4 is 5.63 Å². The van der Waals surface area contributed by atoms with Crippen LogP contribution in [0.5, 0.6) is 5.75 Å². The Hall–Kier alpha value is -2.36. The number of aromatic hydroxyl groups is 1. The predicted molar refractivity (Wildman–Crippen MR) is 96.4 cm³/mol. The Kier molecular flexibility index (Phi) is 5.07. The molecule has 1 N–H and O–H groups in total. The van der Waals surface area contributed by atoms with Gasteiger partial charge in [-0.05, 0) is 24.8 Å². The van der Waals surface area contributed by atoms with Gasteiger partial charge in [-0.15, -0.1) is 0 Å². The van der Waals surface area contributed by atoms with Gasteiger partial charge in [0.05, 0.1) is 11.1 Å². The molecular formula is C21H24O4. The molecule has 1 aromatic carbocycles.